The van der Waals surface area contributed by atoms with Crippen LogP contribution in [-0.4, -0.2) is 40.1 Å². The first-order chi connectivity index (χ1) is 18.6. The van der Waals surface area contributed by atoms with Gasteiger partial charge in [0.15, 0.2) is 0 Å². The molecule has 5 rings (SSSR count). The van der Waals surface area contributed by atoms with Crippen LogP contribution in [0.2, 0.25) is 0 Å². The van der Waals surface area contributed by atoms with Crippen molar-refractivity contribution in [3.63, 3.8) is 0 Å². The number of aryl methyl sites for hydroxylation is 1. The maximum absolute atomic E-state index is 13.0. The number of amides is 3. The molecule has 0 aliphatic carbocycles. The minimum absolute atomic E-state index is 0.0135. The summed E-state index contributed by atoms with van der Waals surface area (Å²) in [6.45, 7) is 1.52. The maximum Gasteiger partial charge on any atom is 0.316 e. The first kappa shape index (κ1) is 25.2. The molecule has 39 heavy (non-hydrogen) atoms. The Balaban J connectivity index is 1.33. The predicted octanol–water partition coefficient (Wildman–Crippen LogP) is 3.57. The average molecular weight is 530 g/mol. The summed E-state index contributed by atoms with van der Waals surface area (Å²) in [5.74, 6) is -3.68. The highest BCUT2D eigenvalue weighted by molar-refractivity contribution is 6.35. The van der Waals surface area contributed by atoms with Gasteiger partial charge in [0.25, 0.3) is 23.2 Å². The third kappa shape index (κ3) is 4.35. The number of nitro benzene ring substituents is 2. The van der Waals surface area contributed by atoms with Crippen molar-refractivity contribution >= 4 is 46.4 Å². The lowest BCUT2D eigenvalue weighted by molar-refractivity contribution is -0.385. The molecule has 13 heteroatoms. The Kier molecular flexibility index (Phi) is 6.10. The topological polar surface area (TPSA) is 170 Å². The van der Waals surface area contributed by atoms with Crippen molar-refractivity contribution in [3.8, 4) is 5.75 Å². The van der Waals surface area contributed by atoms with Gasteiger partial charge in [-0.2, -0.15) is 0 Å². The fraction of sp³-hybridized carbons (Fsp3) is 0.154. The zero-order valence-corrected chi connectivity index (χ0v) is 20.2. The zero-order valence-electron chi connectivity index (χ0n) is 20.2. The number of carbonyl (C=O) groups is 4. The summed E-state index contributed by atoms with van der Waals surface area (Å²) in [7, 11) is 0. The number of nitrogens with zero attached hydrogens (tertiary/aromatic N) is 4. The van der Waals surface area contributed by atoms with Crippen molar-refractivity contribution < 1.29 is 33.8 Å². The quantitative estimate of drug-likeness (QED) is 0.152. The van der Waals surface area contributed by atoms with Gasteiger partial charge in [0.05, 0.1) is 32.7 Å². The van der Waals surface area contributed by atoms with Gasteiger partial charge in [-0.1, -0.05) is 18.2 Å². The molecule has 0 N–H and O–H groups in total. The smallest absolute Gasteiger partial charge is 0.316 e. The largest absolute Gasteiger partial charge is 0.426 e. The summed E-state index contributed by atoms with van der Waals surface area (Å²) in [6.07, 6.45) is -0.178. The van der Waals surface area contributed by atoms with Gasteiger partial charge in [-0.3, -0.25) is 39.4 Å². The lowest BCUT2D eigenvalue weighted by Gasteiger charge is -2.17. The van der Waals surface area contributed by atoms with Gasteiger partial charge >= 0.3 is 5.97 Å². The molecule has 0 aromatic heterocycles. The number of hydrogen-bond donors (Lipinski definition) is 0. The average Bonchev–Trinajstić information content (AvgIpc) is 3.41. The number of fused-ring (bicyclic) bond motifs is 1. The van der Waals surface area contributed by atoms with Crippen LogP contribution in [0.25, 0.3) is 0 Å². The third-order valence-corrected chi connectivity index (χ3v) is 6.54. The lowest BCUT2D eigenvalue weighted by Crippen LogP contribution is -2.29. The van der Waals surface area contributed by atoms with Crippen molar-refractivity contribution in [2.45, 2.75) is 13.3 Å². The molecule has 0 spiro atoms. The van der Waals surface area contributed by atoms with Crippen LogP contribution < -0.4 is 14.5 Å². The van der Waals surface area contributed by atoms with Crippen LogP contribution in [0.15, 0.2) is 60.7 Å². The Morgan fingerprint density at radius 2 is 1.62 bits per heavy atom. The molecule has 0 saturated carbocycles. The molecule has 3 aromatic carbocycles. The second-order valence-electron chi connectivity index (χ2n) is 8.95. The second-order valence-corrected chi connectivity index (χ2v) is 8.95. The maximum atomic E-state index is 13.0. The lowest BCUT2D eigenvalue weighted by atomic mass is 10.1. The van der Waals surface area contributed by atoms with E-state index in [0.29, 0.717) is 5.56 Å². The Bertz CT molecular complexity index is 1620. The van der Waals surface area contributed by atoms with E-state index in [1.54, 1.807) is 13.0 Å². The Morgan fingerprint density at radius 3 is 2.33 bits per heavy atom. The number of esters is 1. The van der Waals surface area contributed by atoms with Crippen molar-refractivity contribution in [1.29, 1.82) is 0 Å². The molecule has 1 saturated heterocycles. The van der Waals surface area contributed by atoms with Gasteiger partial charge in [0.1, 0.15) is 11.3 Å². The number of imide groups is 1. The fourth-order valence-electron chi connectivity index (χ4n) is 4.62. The van der Waals surface area contributed by atoms with Crippen molar-refractivity contribution in [3.05, 3.63) is 97.6 Å². The SMILES string of the molecule is Cc1ccc(N2C[C@H](C(=O)Oc3cccc(N4C(=O)c5cccc([N+](=O)[O-])c5C4=O)c3)CC2=O)cc1[N+](=O)[O-]. The Hall–Kier alpha value is -5.46. The number of hydrogen-bond acceptors (Lipinski definition) is 9. The van der Waals surface area contributed by atoms with Crippen molar-refractivity contribution in [1.82, 2.24) is 0 Å². The highest BCUT2D eigenvalue weighted by Gasteiger charge is 2.42. The first-order valence-electron chi connectivity index (χ1n) is 11.6. The molecule has 0 bridgehead atoms. The summed E-state index contributed by atoms with van der Waals surface area (Å²) in [6, 6.07) is 13.6. The molecule has 1 fully saturated rings. The van der Waals surface area contributed by atoms with Crippen LogP contribution in [0.3, 0.4) is 0 Å². The summed E-state index contributed by atoms with van der Waals surface area (Å²) < 4.78 is 5.44. The van der Waals surface area contributed by atoms with E-state index in [-0.39, 0.29) is 46.9 Å². The Labute approximate surface area is 219 Å². The van der Waals surface area contributed by atoms with Crippen LogP contribution >= 0.6 is 0 Å². The van der Waals surface area contributed by atoms with Crippen LogP contribution in [0.1, 0.15) is 32.7 Å². The summed E-state index contributed by atoms with van der Waals surface area (Å²) >= 11 is 0. The molecule has 2 aliphatic heterocycles. The molecule has 196 valence electrons. The van der Waals surface area contributed by atoms with Gasteiger partial charge in [0, 0.05) is 36.7 Å². The Morgan fingerprint density at radius 1 is 0.897 bits per heavy atom. The molecule has 0 radical (unpaired) electrons. The minimum Gasteiger partial charge on any atom is -0.426 e. The number of anilines is 2. The zero-order chi connectivity index (χ0) is 28.0. The van der Waals surface area contributed by atoms with Crippen LogP contribution in [0.5, 0.6) is 5.75 Å². The molecular formula is C26H18N4O9. The van der Waals surface area contributed by atoms with E-state index in [0.717, 1.165) is 11.0 Å². The van der Waals surface area contributed by atoms with E-state index in [1.807, 2.05) is 0 Å². The molecule has 1 atom stereocenters. The van der Waals surface area contributed by atoms with E-state index in [2.05, 4.69) is 0 Å². The van der Waals surface area contributed by atoms with Crippen molar-refractivity contribution in [2.75, 3.05) is 16.3 Å². The van der Waals surface area contributed by atoms with Crippen LogP contribution in [-0.2, 0) is 9.59 Å². The molecule has 3 amide bonds. The first-order valence-corrected chi connectivity index (χ1v) is 11.6. The number of ether oxygens (including phenoxy) is 1. The van der Waals surface area contributed by atoms with Crippen molar-refractivity contribution in [2.24, 2.45) is 5.92 Å². The molecule has 13 nitrogen and oxygen atoms in total. The predicted molar refractivity (Wildman–Crippen MR) is 135 cm³/mol. The third-order valence-electron chi connectivity index (χ3n) is 6.54. The molecule has 3 aromatic rings. The molecule has 2 heterocycles. The molecule has 0 unspecified atom stereocenters. The van der Waals surface area contributed by atoms with E-state index < -0.39 is 45.1 Å². The van der Waals surface area contributed by atoms with Crippen LogP contribution in [0.4, 0.5) is 22.7 Å². The van der Waals surface area contributed by atoms with E-state index in [1.165, 1.54) is 53.4 Å². The number of carbonyl (C=O) groups excluding carboxylic acids is 4. The van der Waals surface area contributed by atoms with Gasteiger partial charge < -0.3 is 9.64 Å². The highest BCUT2D eigenvalue weighted by Crippen LogP contribution is 2.35. The van der Waals surface area contributed by atoms with Gasteiger partial charge in [-0.25, -0.2) is 4.90 Å². The van der Waals surface area contributed by atoms with E-state index >= 15 is 0 Å². The van der Waals surface area contributed by atoms with E-state index in [9.17, 15) is 39.4 Å². The minimum atomic E-state index is -0.880. The van der Waals surface area contributed by atoms with Crippen LogP contribution in [0, 0.1) is 33.1 Å². The second kappa shape index (κ2) is 9.45. The normalized spacial score (nSPS) is 16.4. The van der Waals surface area contributed by atoms with Gasteiger partial charge in [-0.15, -0.1) is 0 Å². The highest BCUT2D eigenvalue weighted by atomic mass is 16.6. The fourth-order valence-corrected chi connectivity index (χ4v) is 4.62. The summed E-state index contributed by atoms with van der Waals surface area (Å²) in [4.78, 5) is 74.8. The number of nitro groups is 2. The summed E-state index contributed by atoms with van der Waals surface area (Å²) in [5.41, 5.74) is -0.328. The van der Waals surface area contributed by atoms with Gasteiger partial charge in [-0.05, 0) is 31.2 Å². The number of rotatable bonds is 6. The van der Waals surface area contributed by atoms with Gasteiger partial charge in [0.2, 0.25) is 5.91 Å². The standard InChI is InChI=1S/C26H18N4O9/c1-14-8-9-16(12-21(14)30(37)38)27-13-15(10-22(27)31)26(34)39-18-5-2-4-17(11-18)28-24(32)19-6-3-7-20(29(35)36)23(19)25(28)33/h2-9,11-12,15H,10,13H2,1H3/t15-/m1/s1. The monoisotopic (exact) mass is 530 g/mol. The number of benzene rings is 3. The summed E-state index contributed by atoms with van der Waals surface area (Å²) in [5, 5.41) is 22.6. The molecule has 2 aliphatic rings. The van der Waals surface area contributed by atoms with E-state index in [4.69, 9.17) is 4.74 Å². The molecular weight excluding hydrogens is 512 g/mol.